The minimum atomic E-state index is -0.918. The molecular weight excluding hydrogens is 338 g/mol. The molecule has 0 saturated carbocycles. The predicted molar refractivity (Wildman–Crippen MR) is 98.8 cm³/mol. The number of carbonyl (C=O) groups excluding carboxylic acids is 1. The molecule has 0 spiro atoms. The van der Waals surface area contributed by atoms with Gasteiger partial charge in [-0.2, -0.15) is 0 Å². The van der Waals surface area contributed by atoms with Crippen LogP contribution in [0.1, 0.15) is 16.7 Å². The van der Waals surface area contributed by atoms with E-state index in [1.165, 1.54) is 5.56 Å². The van der Waals surface area contributed by atoms with Crippen LogP contribution in [0.2, 0.25) is 0 Å². The molecule has 0 unspecified atom stereocenters. The number of rotatable bonds is 9. The predicted octanol–water partition coefficient (Wildman–Crippen LogP) is 3.01. The number of carboxylic acid groups (broad SMARTS) is 1. The Balaban J connectivity index is 1.74. The number of hydrogen-bond donors (Lipinski definition) is 2. The monoisotopic (exact) mass is 359 g/mol. The molecule has 0 heterocycles. The van der Waals surface area contributed by atoms with Crippen LogP contribution in [-0.4, -0.2) is 28.5 Å². The molecule has 2 aromatic carbocycles. The molecule has 0 aromatic heterocycles. The second-order valence-electron chi connectivity index (χ2n) is 5.58. The van der Waals surface area contributed by atoms with E-state index in [0.717, 1.165) is 28.6 Å². The maximum atomic E-state index is 11.6. The zero-order valence-corrected chi connectivity index (χ0v) is 14.8. The lowest BCUT2D eigenvalue weighted by molar-refractivity contribution is -0.133. The van der Waals surface area contributed by atoms with Gasteiger partial charge >= 0.3 is 5.97 Å². The molecule has 2 N–H and O–H groups in total. The first-order valence-electron chi connectivity index (χ1n) is 7.86. The summed E-state index contributed by atoms with van der Waals surface area (Å²) in [6.45, 7) is 2.97. The van der Waals surface area contributed by atoms with E-state index in [9.17, 15) is 9.59 Å². The number of carboxylic acids is 1. The van der Waals surface area contributed by atoms with Crippen molar-refractivity contribution in [3.05, 3.63) is 65.2 Å². The Kier molecular flexibility index (Phi) is 7.35. The lowest BCUT2D eigenvalue weighted by atomic mass is 10.1. The number of aliphatic carboxylic acids is 1. The Labute approximate surface area is 151 Å². The Morgan fingerprint density at radius 2 is 1.84 bits per heavy atom. The Hall–Kier alpha value is -2.47. The summed E-state index contributed by atoms with van der Waals surface area (Å²) in [5.41, 5.74) is 3.28. The number of benzene rings is 2. The molecule has 0 aliphatic carbocycles. The Morgan fingerprint density at radius 3 is 2.52 bits per heavy atom. The fourth-order valence-corrected chi connectivity index (χ4v) is 2.72. The minimum absolute atomic E-state index is 0.0691. The van der Waals surface area contributed by atoms with Crippen molar-refractivity contribution in [2.45, 2.75) is 20.1 Å². The molecule has 2 aromatic rings. The molecule has 25 heavy (non-hydrogen) atoms. The number of nitrogens with one attached hydrogen (secondary N) is 1. The van der Waals surface area contributed by atoms with Gasteiger partial charge < -0.3 is 15.2 Å². The van der Waals surface area contributed by atoms with Crippen LogP contribution in [0.4, 0.5) is 0 Å². The highest BCUT2D eigenvalue weighted by Gasteiger charge is 2.04. The standard InChI is InChI=1S/C19H21NO4S/c1-14-3-2-4-16(9-14)11-24-17-7-5-15(6-8-17)10-20-18(21)12-25-13-19(22)23/h2-9H,10-13H2,1H3,(H,20,21)(H,22,23). The van der Waals surface area contributed by atoms with Crippen LogP contribution < -0.4 is 10.1 Å². The largest absolute Gasteiger partial charge is 0.489 e. The lowest BCUT2D eigenvalue weighted by Gasteiger charge is -2.09. The van der Waals surface area contributed by atoms with Gasteiger partial charge in [0.1, 0.15) is 12.4 Å². The van der Waals surface area contributed by atoms with Gasteiger partial charge in [0.25, 0.3) is 0 Å². The minimum Gasteiger partial charge on any atom is -0.489 e. The van der Waals surface area contributed by atoms with Crippen molar-refractivity contribution in [3.8, 4) is 5.75 Å². The third-order valence-electron chi connectivity index (χ3n) is 3.36. The van der Waals surface area contributed by atoms with E-state index in [0.29, 0.717) is 13.2 Å². The first-order chi connectivity index (χ1) is 12.0. The van der Waals surface area contributed by atoms with Crippen molar-refractivity contribution in [1.82, 2.24) is 5.32 Å². The Morgan fingerprint density at radius 1 is 1.08 bits per heavy atom. The van der Waals surface area contributed by atoms with E-state index in [1.807, 2.05) is 49.4 Å². The summed E-state index contributed by atoms with van der Waals surface area (Å²) in [7, 11) is 0. The van der Waals surface area contributed by atoms with E-state index >= 15 is 0 Å². The zero-order valence-electron chi connectivity index (χ0n) is 14.0. The first kappa shape index (κ1) is 18.9. The summed E-state index contributed by atoms with van der Waals surface area (Å²) in [4.78, 5) is 22.0. The molecule has 5 nitrogen and oxygen atoms in total. The molecule has 0 aliphatic rings. The molecule has 1 amide bonds. The van der Waals surface area contributed by atoms with Gasteiger partial charge in [-0.3, -0.25) is 9.59 Å². The van der Waals surface area contributed by atoms with Gasteiger partial charge in [-0.15, -0.1) is 11.8 Å². The quantitative estimate of drug-likeness (QED) is 0.720. The highest BCUT2D eigenvalue weighted by molar-refractivity contribution is 8.00. The topological polar surface area (TPSA) is 75.6 Å². The van der Waals surface area contributed by atoms with Crippen LogP contribution in [0.5, 0.6) is 5.75 Å². The summed E-state index contributed by atoms with van der Waals surface area (Å²) in [6.07, 6.45) is 0. The number of aryl methyl sites for hydroxylation is 1. The third-order valence-corrected chi connectivity index (χ3v) is 4.28. The van der Waals surface area contributed by atoms with Gasteiger partial charge in [-0.05, 0) is 30.2 Å². The van der Waals surface area contributed by atoms with Crippen LogP contribution in [0.25, 0.3) is 0 Å². The van der Waals surface area contributed by atoms with E-state index in [1.54, 1.807) is 0 Å². The number of amides is 1. The average Bonchev–Trinajstić information content (AvgIpc) is 2.59. The van der Waals surface area contributed by atoms with Gasteiger partial charge in [0.05, 0.1) is 11.5 Å². The van der Waals surface area contributed by atoms with Gasteiger partial charge in [-0.25, -0.2) is 0 Å². The number of thioether (sulfide) groups is 1. The van der Waals surface area contributed by atoms with E-state index < -0.39 is 5.97 Å². The lowest BCUT2D eigenvalue weighted by Crippen LogP contribution is -2.25. The van der Waals surface area contributed by atoms with E-state index in [2.05, 4.69) is 11.4 Å². The average molecular weight is 359 g/mol. The van der Waals surface area contributed by atoms with Crippen molar-refractivity contribution in [3.63, 3.8) is 0 Å². The molecule has 0 bridgehead atoms. The van der Waals surface area contributed by atoms with Crippen molar-refractivity contribution in [2.75, 3.05) is 11.5 Å². The van der Waals surface area contributed by atoms with E-state index in [4.69, 9.17) is 9.84 Å². The first-order valence-corrected chi connectivity index (χ1v) is 9.02. The molecule has 0 aliphatic heterocycles. The zero-order chi connectivity index (χ0) is 18.1. The molecule has 0 fully saturated rings. The summed E-state index contributed by atoms with van der Waals surface area (Å²) >= 11 is 1.08. The van der Waals surface area contributed by atoms with Crippen molar-refractivity contribution >= 4 is 23.6 Å². The molecule has 0 radical (unpaired) electrons. The summed E-state index contributed by atoms with van der Waals surface area (Å²) < 4.78 is 5.76. The smallest absolute Gasteiger partial charge is 0.313 e. The highest BCUT2D eigenvalue weighted by Crippen LogP contribution is 2.15. The fraction of sp³-hybridized carbons (Fsp3) is 0.263. The summed E-state index contributed by atoms with van der Waals surface area (Å²) in [5, 5.41) is 11.3. The normalized spacial score (nSPS) is 10.3. The van der Waals surface area contributed by atoms with Crippen LogP contribution in [0.15, 0.2) is 48.5 Å². The van der Waals surface area contributed by atoms with Crippen LogP contribution in [0, 0.1) is 6.92 Å². The maximum absolute atomic E-state index is 11.6. The molecule has 2 rings (SSSR count). The number of carbonyl (C=O) groups is 2. The van der Waals surface area contributed by atoms with Gasteiger partial charge in [-0.1, -0.05) is 42.0 Å². The second kappa shape index (κ2) is 9.74. The maximum Gasteiger partial charge on any atom is 0.313 e. The summed E-state index contributed by atoms with van der Waals surface area (Å²) in [6, 6.07) is 15.7. The fourth-order valence-electron chi connectivity index (χ4n) is 2.15. The highest BCUT2D eigenvalue weighted by atomic mass is 32.2. The molecular formula is C19H21NO4S. The molecule has 132 valence electrons. The van der Waals surface area contributed by atoms with Crippen molar-refractivity contribution in [1.29, 1.82) is 0 Å². The molecule has 6 heteroatoms. The van der Waals surface area contributed by atoms with Gasteiger partial charge in [0.15, 0.2) is 0 Å². The SMILES string of the molecule is Cc1cccc(COc2ccc(CNC(=O)CSCC(=O)O)cc2)c1. The summed E-state index contributed by atoms with van der Waals surface area (Å²) in [5.74, 6) is -0.247. The van der Waals surface area contributed by atoms with Crippen molar-refractivity contribution < 1.29 is 19.4 Å². The molecule has 0 saturated heterocycles. The van der Waals surface area contributed by atoms with E-state index in [-0.39, 0.29) is 17.4 Å². The Bertz CT molecular complexity index is 716. The van der Waals surface area contributed by atoms with Crippen molar-refractivity contribution in [2.24, 2.45) is 0 Å². The number of hydrogen-bond acceptors (Lipinski definition) is 4. The van der Waals surface area contributed by atoms with Crippen LogP contribution in [-0.2, 0) is 22.7 Å². The van der Waals surface area contributed by atoms with Gasteiger partial charge in [0, 0.05) is 6.54 Å². The second-order valence-corrected chi connectivity index (χ2v) is 6.57. The molecule has 0 atom stereocenters. The van der Waals surface area contributed by atoms with Crippen LogP contribution in [0.3, 0.4) is 0 Å². The third kappa shape index (κ3) is 7.30. The van der Waals surface area contributed by atoms with Crippen LogP contribution >= 0.6 is 11.8 Å². The van der Waals surface area contributed by atoms with Gasteiger partial charge in [0.2, 0.25) is 5.91 Å². The number of ether oxygens (including phenoxy) is 1.